The number of rotatable bonds is 3. The molecule has 2 heterocycles. The van der Waals surface area contributed by atoms with E-state index in [1.165, 1.54) is 29.0 Å². The van der Waals surface area contributed by atoms with E-state index in [2.05, 4.69) is 22.4 Å². The molecular weight excluding hydrogens is 252 g/mol. The highest BCUT2D eigenvalue weighted by Gasteiger charge is 2.12. The Morgan fingerprint density at radius 2 is 2.18 bits per heavy atom. The fourth-order valence-corrected chi connectivity index (χ4v) is 3.17. The van der Waals surface area contributed by atoms with Gasteiger partial charge in [-0.1, -0.05) is 17.7 Å². The van der Waals surface area contributed by atoms with Gasteiger partial charge >= 0.3 is 0 Å². The number of thiophene rings is 1. The molecule has 3 rings (SSSR count). The van der Waals surface area contributed by atoms with Gasteiger partial charge in [0, 0.05) is 10.6 Å². The molecule has 2 aromatic rings. The van der Waals surface area contributed by atoms with Crippen molar-refractivity contribution in [2.24, 2.45) is 0 Å². The Morgan fingerprint density at radius 3 is 3.00 bits per heavy atom. The lowest BCUT2D eigenvalue weighted by Gasteiger charge is -2.06. The van der Waals surface area contributed by atoms with E-state index >= 15 is 0 Å². The Bertz CT molecular complexity index is 536. The van der Waals surface area contributed by atoms with Crippen molar-refractivity contribution in [3.05, 3.63) is 44.7 Å². The zero-order valence-electron chi connectivity index (χ0n) is 9.37. The molecule has 0 saturated carbocycles. The summed E-state index contributed by atoms with van der Waals surface area (Å²) in [4.78, 5) is 5.87. The van der Waals surface area contributed by atoms with Crippen molar-refractivity contribution >= 4 is 28.8 Å². The fraction of sp³-hybridized carbons (Fsp3) is 0.308. The van der Waals surface area contributed by atoms with Gasteiger partial charge in [0.25, 0.3) is 0 Å². The number of hydrogen-bond acceptors (Lipinski definition) is 3. The lowest BCUT2D eigenvalue weighted by molar-refractivity contribution is 0.899. The lowest BCUT2D eigenvalue weighted by atomic mass is 10.2. The first-order valence-electron chi connectivity index (χ1n) is 5.78. The summed E-state index contributed by atoms with van der Waals surface area (Å²) in [6.45, 7) is 0.795. The van der Waals surface area contributed by atoms with Gasteiger partial charge in [-0.25, -0.2) is 4.98 Å². The van der Waals surface area contributed by atoms with Gasteiger partial charge in [0.05, 0.1) is 10.9 Å². The number of aromatic nitrogens is 1. The van der Waals surface area contributed by atoms with Gasteiger partial charge in [0.2, 0.25) is 0 Å². The van der Waals surface area contributed by atoms with Gasteiger partial charge in [-0.2, -0.15) is 0 Å². The van der Waals surface area contributed by atoms with Crippen LogP contribution in [-0.4, -0.2) is 4.98 Å². The third-order valence-corrected chi connectivity index (χ3v) is 4.23. The molecule has 0 aromatic carbocycles. The number of fused-ring (bicyclic) bond motifs is 1. The molecule has 88 valence electrons. The average Bonchev–Trinajstić information content (AvgIpc) is 2.94. The zero-order valence-corrected chi connectivity index (χ0v) is 10.9. The monoisotopic (exact) mass is 264 g/mol. The second-order valence-electron chi connectivity index (χ2n) is 4.22. The average molecular weight is 265 g/mol. The molecule has 0 saturated heterocycles. The molecule has 1 aliphatic carbocycles. The van der Waals surface area contributed by atoms with E-state index in [0.717, 1.165) is 23.1 Å². The highest BCUT2D eigenvalue weighted by atomic mass is 35.5. The third kappa shape index (κ3) is 2.45. The van der Waals surface area contributed by atoms with Crippen LogP contribution in [-0.2, 0) is 19.4 Å². The van der Waals surface area contributed by atoms with Crippen LogP contribution in [0.3, 0.4) is 0 Å². The van der Waals surface area contributed by atoms with E-state index in [-0.39, 0.29) is 0 Å². The minimum atomic E-state index is 0.795. The Balaban J connectivity index is 1.69. The molecule has 1 N–H and O–H groups in total. The van der Waals surface area contributed by atoms with Crippen molar-refractivity contribution in [1.82, 2.24) is 4.98 Å². The molecule has 0 bridgehead atoms. The Morgan fingerprint density at radius 1 is 1.24 bits per heavy atom. The molecule has 0 aliphatic heterocycles. The number of anilines is 1. The van der Waals surface area contributed by atoms with Gasteiger partial charge in [-0.05, 0) is 43.0 Å². The minimum Gasteiger partial charge on any atom is -0.365 e. The number of nitrogens with one attached hydrogen (secondary N) is 1. The fourth-order valence-electron chi connectivity index (χ4n) is 2.14. The van der Waals surface area contributed by atoms with E-state index < -0.39 is 0 Å². The van der Waals surface area contributed by atoms with Crippen molar-refractivity contribution in [2.75, 3.05) is 5.32 Å². The summed E-state index contributed by atoms with van der Waals surface area (Å²) in [6, 6.07) is 8.24. The van der Waals surface area contributed by atoms with Crippen LogP contribution in [0.15, 0.2) is 24.3 Å². The topological polar surface area (TPSA) is 24.9 Å². The standard InChI is InChI=1S/C13H13ClN2S/c14-12-6-5-10(17-12)8-15-13-7-4-9-2-1-3-11(9)16-13/h4-7H,1-3,8H2,(H,15,16). The maximum atomic E-state index is 5.89. The second-order valence-corrected chi connectivity index (χ2v) is 6.01. The zero-order chi connectivity index (χ0) is 11.7. The highest BCUT2D eigenvalue weighted by molar-refractivity contribution is 7.16. The summed E-state index contributed by atoms with van der Waals surface area (Å²) in [6.07, 6.45) is 3.55. The molecule has 0 spiro atoms. The van der Waals surface area contributed by atoms with Crippen LogP contribution in [0.4, 0.5) is 5.82 Å². The third-order valence-electron chi connectivity index (χ3n) is 3.00. The van der Waals surface area contributed by atoms with E-state index in [0.29, 0.717) is 0 Å². The smallest absolute Gasteiger partial charge is 0.126 e. The second kappa shape index (κ2) is 4.67. The maximum absolute atomic E-state index is 5.89. The molecule has 0 fully saturated rings. The quantitative estimate of drug-likeness (QED) is 0.910. The number of nitrogens with zero attached hydrogens (tertiary/aromatic N) is 1. The SMILES string of the molecule is Clc1ccc(CNc2ccc3c(n2)CCC3)s1. The van der Waals surface area contributed by atoms with E-state index in [4.69, 9.17) is 11.6 Å². The summed E-state index contributed by atoms with van der Waals surface area (Å²) in [5.74, 6) is 0.968. The summed E-state index contributed by atoms with van der Waals surface area (Å²) in [7, 11) is 0. The number of halogens is 1. The predicted molar refractivity (Wildman–Crippen MR) is 72.9 cm³/mol. The van der Waals surface area contributed by atoms with E-state index in [1.54, 1.807) is 11.3 Å². The Labute approximate surface area is 110 Å². The molecule has 4 heteroatoms. The van der Waals surface area contributed by atoms with E-state index in [1.807, 2.05) is 12.1 Å². The van der Waals surface area contributed by atoms with Crippen molar-refractivity contribution in [3.8, 4) is 0 Å². The van der Waals surface area contributed by atoms with E-state index in [9.17, 15) is 0 Å². The Hall–Kier alpha value is -1.06. The van der Waals surface area contributed by atoms with Gasteiger partial charge in [-0.15, -0.1) is 11.3 Å². The van der Waals surface area contributed by atoms with Crippen LogP contribution >= 0.6 is 22.9 Å². The van der Waals surface area contributed by atoms with Crippen molar-refractivity contribution in [3.63, 3.8) is 0 Å². The van der Waals surface area contributed by atoms with Crippen LogP contribution in [0, 0.1) is 0 Å². The van der Waals surface area contributed by atoms with Crippen molar-refractivity contribution in [2.45, 2.75) is 25.8 Å². The van der Waals surface area contributed by atoms with Crippen LogP contribution in [0.5, 0.6) is 0 Å². The van der Waals surface area contributed by atoms with Crippen LogP contribution in [0.1, 0.15) is 22.6 Å². The molecule has 0 atom stereocenters. The summed E-state index contributed by atoms with van der Waals surface area (Å²) in [5, 5.41) is 3.34. The Kier molecular flexibility index (Phi) is 3.04. The number of pyridine rings is 1. The molecule has 0 amide bonds. The molecule has 17 heavy (non-hydrogen) atoms. The summed E-state index contributed by atoms with van der Waals surface area (Å²) < 4.78 is 0.837. The normalized spacial score (nSPS) is 13.7. The van der Waals surface area contributed by atoms with Crippen molar-refractivity contribution in [1.29, 1.82) is 0 Å². The molecule has 2 nitrogen and oxygen atoms in total. The molecule has 0 radical (unpaired) electrons. The minimum absolute atomic E-state index is 0.795. The largest absolute Gasteiger partial charge is 0.365 e. The van der Waals surface area contributed by atoms with Gasteiger partial charge in [0.15, 0.2) is 0 Å². The molecule has 0 unspecified atom stereocenters. The first kappa shape index (κ1) is 11.1. The van der Waals surface area contributed by atoms with Crippen LogP contribution in [0.2, 0.25) is 4.34 Å². The first-order chi connectivity index (χ1) is 8.31. The summed E-state index contributed by atoms with van der Waals surface area (Å²) in [5.41, 5.74) is 2.67. The molecule has 1 aliphatic rings. The maximum Gasteiger partial charge on any atom is 0.126 e. The van der Waals surface area contributed by atoms with Gasteiger partial charge < -0.3 is 5.32 Å². The van der Waals surface area contributed by atoms with Gasteiger partial charge in [0.1, 0.15) is 5.82 Å². The number of hydrogen-bond donors (Lipinski definition) is 1. The van der Waals surface area contributed by atoms with Gasteiger partial charge in [-0.3, -0.25) is 0 Å². The molecular formula is C13H13ClN2S. The first-order valence-corrected chi connectivity index (χ1v) is 6.97. The summed E-state index contributed by atoms with van der Waals surface area (Å²) >= 11 is 7.50. The van der Waals surface area contributed by atoms with Crippen LogP contribution in [0.25, 0.3) is 0 Å². The van der Waals surface area contributed by atoms with Crippen molar-refractivity contribution < 1.29 is 0 Å². The molecule has 2 aromatic heterocycles. The number of aryl methyl sites for hydroxylation is 2. The highest BCUT2D eigenvalue weighted by Crippen LogP contribution is 2.24. The van der Waals surface area contributed by atoms with Crippen LogP contribution < -0.4 is 5.32 Å². The lowest BCUT2D eigenvalue weighted by Crippen LogP contribution is -2.01. The predicted octanol–water partition coefficient (Wildman–Crippen LogP) is 3.90.